The molecule has 10 nitrogen and oxygen atoms in total. The zero-order valence-corrected chi connectivity index (χ0v) is 20.8. The fraction of sp³-hybridized carbons (Fsp3) is 0.565. The van der Waals surface area contributed by atoms with Crippen LogP contribution in [0.25, 0.3) is 0 Å². The third-order valence-corrected chi connectivity index (χ3v) is 8.81. The van der Waals surface area contributed by atoms with E-state index in [9.17, 15) is 31.6 Å². The van der Waals surface area contributed by atoms with Crippen LogP contribution in [-0.2, 0) is 47.2 Å². The summed E-state index contributed by atoms with van der Waals surface area (Å²) in [7, 11) is -4.94. The normalized spacial score (nSPS) is 18.9. The molecular weight excluding hydrogens is 515 g/mol. The number of ether oxygens (including phenoxy) is 1. The van der Waals surface area contributed by atoms with Crippen molar-refractivity contribution in [2.45, 2.75) is 70.1 Å². The summed E-state index contributed by atoms with van der Waals surface area (Å²) in [5.74, 6) is 0. The molecule has 1 atom stereocenters. The Morgan fingerprint density at radius 1 is 1.16 bits per heavy atom. The van der Waals surface area contributed by atoms with Crippen LogP contribution in [0, 0.1) is 5.21 Å². The second-order valence-corrected chi connectivity index (χ2v) is 11.3. The van der Waals surface area contributed by atoms with E-state index in [1.807, 2.05) is 0 Å². The predicted molar refractivity (Wildman–Crippen MR) is 127 cm³/mol. The van der Waals surface area contributed by atoms with Crippen LogP contribution in [-0.4, -0.2) is 49.7 Å². The molecule has 1 fully saturated rings. The maximum Gasteiger partial charge on any atom is 0.436 e. The van der Waals surface area contributed by atoms with Crippen LogP contribution in [0.2, 0.25) is 0 Å². The highest BCUT2D eigenvalue weighted by molar-refractivity contribution is 7.86. The first kappa shape index (κ1) is 25.9. The van der Waals surface area contributed by atoms with Crippen LogP contribution < -0.4 is 14.1 Å². The average Bonchev–Trinajstić information content (AvgIpc) is 3.59. The lowest BCUT2D eigenvalue weighted by molar-refractivity contribution is -0.604. The molecule has 2 N–H and O–H groups in total. The quantitative estimate of drug-likeness (QED) is 0.540. The van der Waals surface area contributed by atoms with Crippen molar-refractivity contribution in [2.24, 2.45) is 0 Å². The second kappa shape index (κ2) is 9.89. The van der Waals surface area contributed by atoms with Crippen LogP contribution in [0.4, 0.5) is 29.3 Å². The SMILES string of the molecule is O=C(Nc1c2c(cc3c1CCC3)CCC2)[NH+]([O-])S(=O)(=O)N(c1cnn(CC(F)(F)F)c1)C1CCOCC1. The third-order valence-electron chi connectivity index (χ3n) is 7.13. The average molecular weight is 544 g/mol. The number of quaternary nitrogens is 1. The number of benzene rings is 1. The van der Waals surface area contributed by atoms with E-state index in [1.54, 1.807) is 0 Å². The topological polar surface area (TPSA) is 121 Å². The van der Waals surface area contributed by atoms with Gasteiger partial charge in [0.2, 0.25) is 0 Å². The van der Waals surface area contributed by atoms with Gasteiger partial charge < -0.3 is 9.94 Å². The van der Waals surface area contributed by atoms with Crippen LogP contribution in [0.15, 0.2) is 18.5 Å². The minimum atomic E-state index is -4.94. The highest BCUT2D eigenvalue weighted by atomic mass is 32.2. The molecule has 5 rings (SSSR count). The molecular formula is C23H28F3N5O5S. The molecule has 0 saturated carbocycles. The monoisotopic (exact) mass is 543 g/mol. The summed E-state index contributed by atoms with van der Waals surface area (Å²) in [6.07, 6.45) is 2.71. The zero-order chi connectivity index (χ0) is 26.4. The van der Waals surface area contributed by atoms with Gasteiger partial charge in [0, 0.05) is 19.4 Å². The van der Waals surface area contributed by atoms with Gasteiger partial charge in [-0.3, -0.25) is 10.00 Å². The Hall–Kier alpha value is -2.68. The molecule has 2 aromatic rings. The molecule has 2 heterocycles. The summed E-state index contributed by atoms with van der Waals surface area (Å²) >= 11 is 0. The third kappa shape index (κ3) is 5.19. The Kier molecular flexibility index (Phi) is 6.94. The van der Waals surface area contributed by atoms with Crippen LogP contribution >= 0.6 is 0 Å². The Labute approximate surface area is 212 Å². The molecule has 0 spiro atoms. The second-order valence-electron chi connectivity index (χ2n) is 9.63. The number of hydrogen-bond donors (Lipinski definition) is 2. The number of halogens is 3. The summed E-state index contributed by atoms with van der Waals surface area (Å²) in [6.45, 7) is -1.01. The molecule has 1 aliphatic heterocycles. The number of urea groups is 1. The molecule has 1 saturated heterocycles. The summed E-state index contributed by atoms with van der Waals surface area (Å²) < 4.78 is 70.6. The number of carbonyl (C=O) groups excluding carboxylic acids is 1. The highest BCUT2D eigenvalue weighted by Gasteiger charge is 2.41. The Morgan fingerprint density at radius 2 is 1.78 bits per heavy atom. The molecule has 1 aromatic carbocycles. The molecule has 14 heteroatoms. The molecule has 2 amide bonds. The molecule has 2 aliphatic carbocycles. The number of anilines is 2. The standard InChI is InChI=1S/C23H28F3N5O5S/c24-23(25,26)14-29-13-18(12-27-29)30(17-7-9-36-10-8-17)37(34,35)31(33)22(32)28-21-19-5-1-3-15(19)11-16-4-2-6-20(16)21/h11-13,17,31H,1-10,14H2,(H,28,32). The maximum atomic E-state index is 13.5. The Bertz CT molecular complexity index is 1260. The van der Waals surface area contributed by atoms with E-state index in [-0.39, 0.29) is 31.7 Å². The lowest BCUT2D eigenvalue weighted by Crippen LogP contribution is -3.14. The highest BCUT2D eigenvalue weighted by Crippen LogP contribution is 2.38. The van der Waals surface area contributed by atoms with Gasteiger partial charge in [-0.2, -0.15) is 31.2 Å². The number of rotatable bonds is 6. The van der Waals surface area contributed by atoms with Gasteiger partial charge in [0.25, 0.3) is 0 Å². The lowest BCUT2D eigenvalue weighted by atomic mass is 9.99. The Morgan fingerprint density at radius 3 is 2.38 bits per heavy atom. The van der Waals surface area contributed by atoms with Gasteiger partial charge in [-0.15, -0.1) is 0 Å². The number of nitrogens with one attached hydrogen (secondary N) is 2. The van der Waals surface area contributed by atoms with Crippen molar-refractivity contribution in [2.75, 3.05) is 22.8 Å². The Balaban J connectivity index is 1.44. The van der Waals surface area contributed by atoms with Gasteiger partial charge >= 0.3 is 22.4 Å². The van der Waals surface area contributed by atoms with E-state index in [0.717, 1.165) is 77.5 Å². The van der Waals surface area contributed by atoms with Gasteiger partial charge in [0.15, 0.2) is 0 Å². The molecule has 37 heavy (non-hydrogen) atoms. The minimum absolute atomic E-state index is 0.204. The number of hydrogen-bond acceptors (Lipinski definition) is 6. The number of aryl methyl sites for hydroxylation is 2. The van der Waals surface area contributed by atoms with E-state index in [0.29, 0.717) is 10.4 Å². The van der Waals surface area contributed by atoms with Crippen molar-refractivity contribution in [3.63, 3.8) is 0 Å². The van der Waals surface area contributed by atoms with Crippen LogP contribution in [0.1, 0.15) is 47.9 Å². The lowest BCUT2D eigenvalue weighted by Gasteiger charge is -2.35. The number of aromatic nitrogens is 2. The van der Waals surface area contributed by atoms with E-state index < -0.39 is 39.5 Å². The van der Waals surface area contributed by atoms with Crippen molar-refractivity contribution < 1.29 is 35.6 Å². The first-order valence-electron chi connectivity index (χ1n) is 12.3. The summed E-state index contributed by atoms with van der Waals surface area (Å²) in [4.78, 5) is 13.1. The first-order chi connectivity index (χ1) is 17.5. The molecule has 3 aliphatic rings. The smallest absolute Gasteiger partial charge is 0.436 e. The van der Waals surface area contributed by atoms with Gasteiger partial charge in [-0.1, -0.05) is 6.07 Å². The van der Waals surface area contributed by atoms with E-state index in [4.69, 9.17) is 4.74 Å². The molecule has 0 bridgehead atoms. The van der Waals surface area contributed by atoms with Crippen molar-refractivity contribution in [1.29, 1.82) is 0 Å². The van der Waals surface area contributed by atoms with Gasteiger partial charge in [-0.25, -0.2) is 9.10 Å². The summed E-state index contributed by atoms with van der Waals surface area (Å²) in [6, 6.07) is 0.0862. The molecule has 1 unspecified atom stereocenters. The number of amides is 2. The zero-order valence-electron chi connectivity index (χ0n) is 20.0. The number of carbonyl (C=O) groups is 1. The first-order valence-corrected chi connectivity index (χ1v) is 13.7. The molecule has 0 radical (unpaired) electrons. The molecule has 202 valence electrons. The predicted octanol–water partition coefficient (Wildman–Crippen LogP) is 2.27. The summed E-state index contributed by atoms with van der Waals surface area (Å²) in [5, 5.41) is 19.4. The van der Waals surface area contributed by atoms with Gasteiger partial charge in [-0.05, 0) is 73.6 Å². The number of hydroxylamine groups is 1. The van der Waals surface area contributed by atoms with Crippen LogP contribution in [0.5, 0.6) is 0 Å². The van der Waals surface area contributed by atoms with Crippen molar-refractivity contribution in [3.05, 3.63) is 45.9 Å². The van der Waals surface area contributed by atoms with Crippen molar-refractivity contribution in [3.8, 4) is 0 Å². The van der Waals surface area contributed by atoms with E-state index in [2.05, 4.69) is 16.5 Å². The number of alkyl halides is 3. The van der Waals surface area contributed by atoms with Crippen molar-refractivity contribution in [1.82, 2.24) is 9.78 Å². The largest absolute Gasteiger partial charge is 0.608 e. The fourth-order valence-corrected chi connectivity index (χ4v) is 6.98. The number of fused-ring (bicyclic) bond motifs is 2. The van der Waals surface area contributed by atoms with Crippen molar-refractivity contribution >= 4 is 27.6 Å². The number of nitrogens with zero attached hydrogens (tertiary/aromatic N) is 3. The summed E-state index contributed by atoms with van der Waals surface area (Å²) in [5.41, 5.74) is 4.41. The molecule has 1 aromatic heterocycles. The van der Waals surface area contributed by atoms with E-state index in [1.165, 1.54) is 0 Å². The van der Waals surface area contributed by atoms with Gasteiger partial charge in [0.1, 0.15) is 6.54 Å². The van der Waals surface area contributed by atoms with Gasteiger partial charge in [0.05, 0.1) is 23.6 Å². The van der Waals surface area contributed by atoms with E-state index >= 15 is 0 Å². The fourth-order valence-electron chi connectivity index (χ4n) is 5.54. The minimum Gasteiger partial charge on any atom is -0.608 e. The maximum absolute atomic E-state index is 13.5. The van der Waals surface area contributed by atoms with Crippen LogP contribution in [0.3, 0.4) is 0 Å².